The summed E-state index contributed by atoms with van der Waals surface area (Å²) < 4.78 is 10.6. The summed E-state index contributed by atoms with van der Waals surface area (Å²) in [5.41, 5.74) is 1.38. The number of para-hydroxylation sites is 1. The second kappa shape index (κ2) is 7.79. The smallest absolute Gasteiger partial charge is 0.254 e. The molecular formula is C23H21N3O5. The van der Waals surface area contributed by atoms with Crippen LogP contribution in [0.1, 0.15) is 23.2 Å². The minimum absolute atomic E-state index is 0.0763. The number of benzene rings is 2. The molecule has 1 saturated heterocycles. The van der Waals surface area contributed by atoms with Crippen LogP contribution in [0.5, 0.6) is 11.5 Å². The van der Waals surface area contributed by atoms with Crippen molar-refractivity contribution in [3.63, 3.8) is 0 Å². The lowest BCUT2D eigenvalue weighted by atomic mass is 9.95. The Bertz CT molecular complexity index is 1230. The average Bonchev–Trinajstić information content (AvgIpc) is 3.26. The first-order chi connectivity index (χ1) is 15.1. The number of nitrogens with zero attached hydrogens (tertiary/aromatic N) is 1. The maximum Gasteiger partial charge on any atom is 0.254 e. The van der Waals surface area contributed by atoms with Crippen LogP contribution in [-0.4, -0.2) is 41.6 Å². The van der Waals surface area contributed by atoms with Gasteiger partial charge in [-0.05, 0) is 31.0 Å². The molecule has 0 radical (unpaired) electrons. The molecule has 8 nitrogen and oxygen atoms in total. The molecule has 0 bridgehead atoms. The van der Waals surface area contributed by atoms with Gasteiger partial charge in [-0.2, -0.15) is 0 Å². The fourth-order valence-corrected chi connectivity index (χ4v) is 4.12. The van der Waals surface area contributed by atoms with Crippen LogP contribution in [0.25, 0.3) is 10.9 Å². The van der Waals surface area contributed by atoms with Gasteiger partial charge in [-0.25, -0.2) is 0 Å². The summed E-state index contributed by atoms with van der Waals surface area (Å²) in [5, 5.41) is 3.64. The van der Waals surface area contributed by atoms with Gasteiger partial charge in [0.2, 0.25) is 18.3 Å². The molecule has 31 heavy (non-hydrogen) atoms. The molecule has 3 heterocycles. The molecule has 2 amide bonds. The highest BCUT2D eigenvalue weighted by Crippen LogP contribution is 2.34. The SMILES string of the molecule is O=C(Nc1ccc2c(c1)OCO2)C1CCN(C(=O)c2cc(=O)[nH]c3ccccc23)CC1. The van der Waals surface area contributed by atoms with Crippen LogP contribution in [-0.2, 0) is 4.79 Å². The lowest BCUT2D eigenvalue weighted by molar-refractivity contribution is -0.121. The first-order valence-electron chi connectivity index (χ1n) is 10.2. The van der Waals surface area contributed by atoms with Crippen molar-refractivity contribution >= 4 is 28.4 Å². The number of hydrogen-bond donors (Lipinski definition) is 2. The van der Waals surface area contributed by atoms with Gasteiger partial charge in [0.1, 0.15) is 0 Å². The van der Waals surface area contributed by atoms with Gasteiger partial charge in [0.15, 0.2) is 11.5 Å². The molecule has 2 aliphatic heterocycles. The molecule has 1 aromatic heterocycles. The number of piperidine rings is 1. The van der Waals surface area contributed by atoms with Crippen LogP contribution >= 0.6 is 0 Å². The number of anilines is 1. The van der Waals surface area contributed by atoms with E-state index >= 15 is 0 Å². The number of rotatable bonds is 3. The van der Waals surface area contributed by atoms with Crippen molar-refractivity contribution in [3.8, 4) is 11.5 Å². The molecule has 0 aliphatic carbocycles. The van der Waals surface area contributed by atoms with Crippen LogP contribution in [0.15, 0.2) is 53.3 Å². The van der Waals surface area contributed by atoms with Gasteiger partial charge in [0, 0.05) is 47.7 Å². The van der Waals surface area contributed by atoms with E-state index in [1.165, 1.54) is 6.07 Å². The largest absolute Gasteiger partial charge is 0.454 e. The Hall–Kier alpha value is -3.81. The number of pyridine rings is 1. The Morgan fingerprint density at radius 2 is 1.77 bits per heavy atom. The van der Waals surface area contributed by atoms with Crippen LogP contribution in [0.2, 0.25) is 0 Å². The van der Waals surface area contributed by atoms with Crippen LogP contribution in [0, 0.1) is 5.92 Å². The Labute approximate surface area is 177 Å². The number of H-pyrrole nitrogens is 1. The number of aromatic nitrogens is 1. The maximum absolute atomic E-state index is 13.1. The van der Waals surface area contributed by atoms with Gasteiger partial charge in [-0.15, -0.1) is 0 Å². The summed E-state index contributed by atoms with van der Waals surface area (Å²) in [4.78, 5) is 42.2. The van der Waals surface area contributed by atoms with E-state index in [9.17, 15) is 14.4 Å². The van der Waals surface area contributed by atoms with Gasteiger partial charge in [-0.3, -0.25) is 14.4 Å². The molecule has 3 aromatic rings. The highest BCUT2D eigenvalue weighted by Gasteiger charge is 2.29. The third kappa shape index (κ3) is 3.72. The van der Waals surface area contributed by atoms with E-state index in [0.29, 0.717) is 54.2 Å². The number of nitrogens with one attached hydrogen (secondary N) is 2. The monoisotopic (exact) mass is 419 g/mol. The molecule has 1 fully saturated rings. The molecule has 2 N–H and O–H groups in total. The number of fused-ring (bicyclic) bond motifs is 2. The number of hydrogen-bond acceptors (Lipinski definition) is 5. The zero-order valence-electron chi connectivity index (χ0n) is 16.7. The first kappa shape index (κ1) is 19.2. The third-order valence-electron chi connectivity index (χ3n) is 5.77. The number of likely N-dealkylation sites (tertiary alicyclic amines) is 1. The van der Waals surface area contributed by atoms with E-state index in [1.54, 1.807) is 29.2 Å². The molecular weight excluding hydrogens is 398 g/mol. The standard InChI is InChI=1S/C23H21N3O5/c27-21-12-17(16-3-1-2-4-18(16)25-21)23(29)26-9-7-14(8-10-26)22(28)24-15-5-6-19-20(11-15)31-13-30-19/h1-6,11-12,14H,7-10,13H2,(H,24,28)(H,25,27). The zero-order chi connectivity index (χ0) is 21.4. The van der Waals surface area contributed by atoms with Crippen molar-refractivity contribution < 1.29 is 19.1 Å². The fourth-order valence-electron chi connectivity index (χ4n) is 4.12. The molecule has 0 unspecified atom stereocenters. The fraction of sp³-hybridized carbons (Fsp3) is 0.261. The molecule has 8 heteroatoms. The Kier molecular flexibility index (Phi) is 4.82. The minimum Gasteiger partial charge on any atom is -0.454 e. The highest BCUT2D eigenvalue weighted by molar-refractivity contribution is 6.06. The average molecular weight is 419 g/mol. The van der Waals surface area contributed by atoms with Crippen molar-refractivity contribution in [3.05, 3.63) is 64.4 Å². The molecule has 0 saturated carbocycles. The Morgan fingerprint density at radius 1 is 1.00 bits per heavy atom. The van der Waals surface area contributed by atoms with Gasteiger partial charge < -0.3 is 24.7 Å². The van der Waals surface area contributed by atoms with Gasteiger partial charge in [0.25, 0.3) is 5.91 Å². The van der Waals surface area contributed by atoms with E-state index in [0.717, 1.165) is 5.39 Å². The van der Waals surface area contributed by atoms with Gasteiger partial charge in [-0.1, -0.05) is 18.2 Å². The van der Waals surface area contributed by atoms with E-state index in [4.69, 9.17) is 9.47 Å². The highest BCUT2D eigenvalue weighted by atomic mass is 16.7. The summed E-state index contributed by atoms with van der Waals surface area (Å²) >= 11 is 0. The van der Waals surface area contributed by atoms with Gasteiger partial charge in [0.05, 0.1) is 5.56 Å². The third-order valence-corrected chi connectivity index (χ3v) is 5.77. The summed E-state index contributed by atoms with van der Waals surface area (Å²) in [6, 6.07) is 13.9. The molecule has 5 rings (SSSR count). The maximum atomic E-state index is 13.1. The van der Waals surface area contributed by atoms with Crippen LogP contribution < -0.4 is 20.3 Å². The topological polar surface area (TPSA) is 101 Å². The van der Waals surface area contributed by atoms with Crippen molar-refractivity contribution in [1.82, 2.24) is 9.88 Å². The summed E-state index contributed by atoms with van der Waals surface area (Å²) in [6.07, 6.45) is 1.12. The van der Waals surface area contributed by atoms with E-state index < -0.39 is 0 Å². The second-order valence-corrected chi connectivity index (χ2v) is 7.72. The van der Waals surface area contributed by atoms with Gasteiger partial charge >= 0.3 is 0 Å². The van der Waals surface area contributed by atoms with Crippen LogP contribution in [0.3, 0.4) is 0 Å². The molecule has 2 aromatic carbocycles. The van der Waals surface area contributed by atoms with E-state index in [-0.39, 0.29) is 30.1 Å². The number of carbonyl (C=O) groups excluding carboxylic acids is 2. The Morgan fingerprint density at radius 3 is 2.61 bits per heavy atom. The minimum atomic E-state index is -0.306. The zero-order valence-corrected chi connectivity index (χ0v) is 16.7. The van der Waals surface area contributed by atoms with Crippen LogP contribution in [0.4, 0.5) is 5.69 Å². The Balaban J connectivity index is 1.25. The van der Waals surface area contributed by atoms with Crippen molar-refractivity contribution in [2.45, 2.75) is 12.8 Å². The molecule has 0 spiro atoms. The molecule has 2 aliphatic rings. The number of ether oxygens (including phenoxy) is 2. The number of carbonyl (C=O) groups is 2. The predicted molar refractivity (Wildman–Crippen MR) is 114 cm³/mol. The molecule has 158 valence electrons. The molecule has 0 atom stereocenters. The first-order valence-corrected chi connectivity index (χ1v) is 10.2. The summed E-state index contributed by atoms with van der Waals surface area (Å²) in [7, 11) is 0. The van der Waals surface area contributed by atoms with E-state index in [1.807, 2.05) is 18.2 Å². The summed E-state index contributed by atoms with van der Waals surface area (Å²) in [6.45, 7) is 1.10. The lowest BCUT2D eigenvalue weighted by Gasteiger charge is -2.31. The predicted octanol–water partition coefficient (Wildman–Crippen LogP) is 2.75. The van der Waals surface area contributed by atoms with Crippen molar-refractivity contribution in [1.29, 1.82) is 0 Å². The lowest BCUT2D eigenvalue weighted by Crippen LogP contribution is -2.41. The van der Waals surface area contributed by atoms with Crippen molar-refractivity contribution in [2.75, 3.05) is 25.2 Å². The van der Waals surface area contributed by atoms with E-state index in [2.05, 4.69) is 10.3 Å². The van der Waals surface area contributed by atoms with Crippen molar-refractivity contribution in [2.24, 2.45) is 5.92 Å². The number of amides is 2. The normalized spacial score (nSPS) is 15.8. The number of aromatic amines is 1. The second-order valence-electron chi connectivity index (χ2n) is 7.72. The summed E-state index contributed by atoms with van der Waals surface area (Å²) in [5.74, 6) is 0.829. The quantitative estimate of drug-likeness (QED) is 0.680.